The molecule has 1 aliphatic rings. The predicted octanol–water partition coefficient (Wildman–Crippen LogP) is 2.56. The van der Waals surface area contributed by atoms with E-state index < -0.39 is 5.97 Å². The summed E-state index contributed by atoms with van der Waals surface area (Å²) in [4.78, 5) is 23.2. The monoisotopic (exact) mass is 218 g/mol. The smallest absolute Gasteiger partial charge is 0.345 e. The molecule has 1 aromatic carbocycles. The third-order valence-corrected chi connectivity index (χ3v) is 2.89. The van der Waals surface area contributed by atoms with E-state index in [1.807, 2.05) is 6.07 Å². The molecule has 2 rings (SSSR count). The minimum Gasteiger partial charge on any atom is -0.389 e. The molecule has 0 aliphatic heterocycles. The van der Waals surface area contributed by atoms with Crippen molar-refractivity contribution >= 4 is 11.9 Å². The third kappa shape index (κ3) is 2.48. The highest BCUT2D eigenvalue weighted by Gasteiger charge is 2.26. The van der Waals surface area contributed by atoms with Gasteiger partial charge in [-0.2, -0.15) is 0 Å². The van der Waals surface area contributed by atoms with Crippen LogP contribution in [0.25, 0.3) is 0 Å². The summed E-state index contributed by atoms with van der Waals surface area (Å²) in [6.45, 7) is 0. The Morgan fingerprint density at radius 3 is 2.31 bits per heavy atom. The van der Waals surface area contributed by atoms with Crippen LogP contribution in [0.1, 0.15) is 36.0 Å². The van der Waals surface area contributed by atoms with Crippen LogP contribution in [0.3, 0.4) is 0 Å². The topological polar surface area (TPSA) is 43.4 Å². The van der Waals surface area contributed by atoms with Crippen molar-refractivity contribution in [3.05, 3.63) is 35.9 Å². The molecule has 1 saturated carbocycles. The average molecular weight is 218 g/mol. The van der Waals surface area contributed by atoms with Crippen LogP contribution >= 0.6 is 0 Å². The second-order valence-electron chi connectivity index (χ2n) is 4.06. The van der Waals surface area contributed by atoms with Gasteiger partial charge in [0.25, 0.3) is 0 Å². The van der Waals surface area contributed by atoms with Gasteiger partial charge in [0.1, 0.15) is 0 Å². The maximum Gasteiger partial charge on any atom is 0.345 e. The molecule has 0 amide bonds. The lowest BCUT2D eigenvalue weighted by Gasteiger charge is -2.07. The molecule has 0 bridgehead atoms. The van der Waals surface area contributed by atoms with Crippen LogP contribution in [0, 0.1) is 5.92 Å². The van der Waals surface area contributed by atoms with Gasteiger partial charge in [0, 0.05) is 0 Å². The quantitative estimate of drug-likeness (QED) is 0.566. The highest BCUT2D eigenvalue weighted by molar-refractivity contribution is 5.97. The van der Waals surface area contributed by atoms with Gasteiger partial charge >= 0.3 is 11.9 Å². The Kier molecular flexibility index (Phi) is 3.34. The summed E-state index contributed by atoms with van der Waals surface area (Å²) < 4.78 is 4.84. The lowest BCUT2D eigenvalue weighted by Crippen LogP contribution is -2.19. The first kappa shape index (κ1) is 10.9. The molecule has 0 atom stereocenters. The number of ether oxygens (including phenoxy) is 1. The summed E-state index contributed by atoms with van der Waals surface area (Å²) in [5.74, 6) is -0.989. The van der Waals surface area contributed by atoms with Crippen LogP contribution in [0.4, 0.5) is 0 Å². The zero-order valence-electron chi connectivity index (χ0n) is 9.02. The molecule has 3 nitrogen and oxygen atoms in total. The van der Waals surface area contributed by atoms with E-state index >= 15 is 0 Å². The molecule has 0 saturated heterocycles. The van der Waals surface area contributed by atoms with Gasteiger partial charge in [-0.15, -0.1) is 0 Å². The van der Waals surface area contributed by atoms with E-state index in [-0.39, 0.29) is 11.9 Å². The highest BCUT2D eigenvalue weighted by atomic mass is 16.6. The first-order chi connectivity index (χ1) is 7.77. The predicted molar refractivity (Wildman–Crippen MR) is 58.8 cm³/mol. The molecule has 0 spiro atoms. The second-order valence-corrected chi connectivity index (χ2v) is 4.06. The number of benzene rings is 1. The van der Waals surface area contributed by atoms with Gasteiger partial charge in [0.15, 0.2) is 0 Å². The molecule has 0 N–H and O–H groups in total. The van der Waals surface area contributed by atoms with Gasteiger partial charge in [-0.1, -0.05) is 31.0 Å². The molecule has 0 aromatic heterocycles. The Balaban J connectivity index is 1.94. The second kappa shape index (κ2) is 4.92. The van der Waals surface area contributed by atoms with Gasteiger partial charge < -0.3 is 4.74 Å². The van der Waals surface area contributed by atoms with Gasteiger partial charge in [-0.05, 0) is 25.0 Å². The summed E-state index contributed by atoms with van der Waals surface area (Å²) in [6, 6.07) is 8.59. The van der Waals surface area contributed by atoms with Crippen molar-refractivity contribution in [2.75, 3.05) is 0 Å². The van der Waals surface area contributed by atoms with E-state index in [2.05, 4.69) is 0 Å². The number of carbonyl (C=O) groups is 2. The standard InChI is InChI=1S/C13H14O3/c14-12(10-6-2-1-3-7-10)16-13(15)11-8-4-5-9-11/h1-3,6-7,11H,4-5,8-9H2. The zero-order valence-corrected chi connectivity index (χ0v) is 9.02. The fourth-order valence-corrected chi connectivity index (χ4v) is 1.97. The van der Waals surface area contributed by atoms with E-state index in [1.165, 1.54) is 0 Å². The number of hydrogen-bond acceptors (Lipinski definition) is 3. The number of carbonyl (C=O) groups excluding carboxylic acids is 2. The van der Waals surface area contributed by atoms with E-state index in [9.17, 15) is 9.59 Å². The summed E-state index contributed by atoms with van der Waals surface area (Å²) in [7, 11) is 0. The Labute approximate surface area is 94.4 Å². The molecule has 0 radical (unpaired) electrons. The van der Waals surface area contributed by atoms with Crippen molar-refractivity contribution in [3.8, 4) is 0 Å². The van der Waals surface area contributed by atoms with Crippen molar-refractivity contribution in [2.24, 2.45) is 5.92 Å². The summed E-state index contributed by atoms with van der Waals surface area (Å²) >= 11 is 0. The molecule has 1 aromatic rings. The van der Waals surface area contributed by atoms with Crippen molar-refractivity contribution in [1.82, 2.24) is 0 Å². The van der Waals surface area contributed by atoms with Crippen molar-refractivity contribution < 1.29 is 14.3 Å². The first-order valence-corrected chi connectivity index (χ1v) is 5.58. The zero-order chi connectivity index (χ0) is 11.4. The summed E-state index contributed by atoms with van der Waals surface area (Å²) in [6.07, 6.45) is 3.81. The van der Waals surface area contributed by atoms with Crippen LogP contribution in [0.5, 0.6) is 0 Å². The molecule has 1 aliphatic carbocycles. The van der Waals surface area contributed by atoms with Gasteiger partial charge in [0.05, 0.1) is 11.5 Å². The van der Waals surface area contributed by atoms with Gasteiger partial charge in [-0.25, -0.2) is 4.79 Å². The van der Waals surface area contributed by atoms with Crippen LogP contribution in [0.2, 0.25) is 0 Å². The minimum atomic E-state index is -0.544. The van der Waals surface area contributed by atoms with Crippen molar-refractivity contribution in [3.63, 3.8) is 0 Å². The van der Waals surface area contributed by atoms with Crippen LogP contribution < -0.4 is 0 Å². The number of esters is 2. The first-order valence-electron chi connectivity index (χ1n) is 5.58. The van der Waals surface area contributed by atoms with Crippen molar-refractivity contribution in [1.29, 1.82) is 0 Å². The van der Waals surface area contributed by atoms with Gasteiger partial charge in [0.2, 0.25) is 0 Å². The van der Waals surface area contributed by atoms with Crippen LogP contribution in [0.15, 0.2) is 30.3 Å². The van der Waals surface area contributed by atoms with Crippen molar-refractivity contribution in [2.45, 2.75) is 25.7 Å². The summed E-state index contributed by atoms with van der Waals surface area (Å²) in [5, 5.41) is 0. The maximum absolute atomic E-state index is 11.6. The SMILES string of the molecule is O=C(OC(=O)C1CCCC1)c1ccccc1. The molecular weight excluding hydrogens is 204 g/mol. The molecular formula is C13H14O3. The molecule has 84 valence electrons. The Bertz CT molecular complexity index is 377. The van der Waals surface area contributed by atoms with Crippen LogP contribution in [-0.2, 0) is 9.53 Å². The highest BCUT2D eigenvalue weighted by Crippen LogP contribution is 2.26. The van der Waals surface area contributed by atoms with E-state index in [0.29, 0.717) is 5.56 Å². The summed E-state index contributed by atoms with van der Waals surface area (Å²) in [5.41, 5.74) is 0.425. The molecule has 0 unspecified atom stereocenters. The minimum absolute atomic E-state index is 0.0762. The van der Waals surface area contributed by atoms with Gasteiger partial charge in [-0.3, -0.25) is 4.79 Å². The van der Waals surface area contributed by atoms with Crippen LogP contribution in [-0.4, -0.2) is 11.9 Å². The van der Waals surface area contributed by atoms with E-state index in [1.54, 1.807) is 24.3 Å². The third-order valence-electron chi connectivity index (χ3n) is 2.89. The fraction of sp³-hybridized carbons (Fsp3) is 0.385. The maximum atomic E-state index is 11.6. The fourth-order valence-electron chi connectivity index (χ4n) is 1.97. The lowest BCUT2D eigenvalue weighted by atomic mass is 10.1. The number of rotatable bonds is 2. The number of hydrogen-bond donors (Lipinski definition) is 0. The molecule has 1 fully saturated rings. The Hall–Kier alpha value is -1.64. The lowest BCUT2D eigenvalue weighted by molar-refractivity contribution is -0.142. The largest absolute Gasteiger partial charge is 0.389 e. The van der Waals surface area contributed by atoms with E-state index in [4.69, 9.17) is 4.74 Å². The average Bonchev–Trinajstić information content (AvgIpc) is 2.83. The molecule has 16 heavy (non-hydrogen) atoms. The molecule has 0 heterocycles. The Morgan fingerprint density at radius 1 is 1.06 bits per heavy atom. The normalized spacial score (nSPS) is 16.0. The molecule has 3 heteroatoms. The Morgan fingerprint density at radius 2 is 1.69 bits per heavy atom. The van der Waals surface area contributed by atoms with E-state index in [0.717, 1.165) is 25.7 Å².